The van der Waals surface area contributed by atoms with E-state index in [-0.39, 0.29) is 16.0 Å². The van der Waals surface area contributed by atoms with Gasteiger partial charge >= 0.3 is 0 Å². The number of nitrogens with two attached hydrogens (primary N) is 1. The molecule has 1 fully saturated rings. The van der Waals surface area contributed by atoms with E-state index in [1.165, 1.54) is 18.2 Å². The first-order chi connectivity index (χ1) is 9.98. The minimum Gasteiger partial charge on any atom is -0.398 e. The van der Waals surface area contributed by atoms with Gasteiger partial charge in [-0.25, -0.2) is 8.42 Å². The van der Waals surface area contributed by atoms with Crippen molar-refractivity contribution >= 4 is 38.6 Å². The fourth-order valence-corrected chi connectivity index (χ4v) is 4.85. The van der Waals surface area contributed by atoms with E-state index in [1.54, 1.807) is 15.6 Å². The average Bonchev–Trinajstić information content (AvgIpc) is 3.15. The molecule has 1 saturated carbocycles. The maximum Gasteiger partial charge on any atom is 0.243 e. The van der Waals surface area contributed by atoms with Crippen LogP contribution in [0.2, 0.25) is 5.02 Å². The second kappa shape index (κ2) is 5.61. The molecule has 112 valence electrons. The van der Waals surface area contributed by atoms with Crippen LogP contribution in [0.4, 0.5) is 5.69 Å². The lowest BCUT2D eigenvalue weighted by Crippen LogP contribution is -2.32. The molecule has 1 aliphatic carbocycles. The van der Waals surface area contributed by atoms with Crippen molar-refractivity contribution in [2.24, 2.45) is 0 Å². The smallest absolute Gasteiger partial charge is 0.243 e. The number of rotatable bonds is 5. The normalized spacial score (nSPS) is 15.5. The summed E-state index contributed by atoms with van der Waals surface area (Å²) in [6.45, 7) is 0.409. The predicted molar refractivity (Wildman–Crippen MR) is 85.9 cm³/mol. The molecule has 0 amide bonds. The summed E-state index contributed by atoms with van der Waals surface area (Å²) in [6, 6.07) is 8.44. The van der Waals surface area contributed by atoms with Gasteiger partial charge in [0.2, 0.25) is 10.0 Å². The van der Waals surface area contributed by atoms with Crippen LogP contribution < -0.4 is 5.73 Å². The molecule has 3 rings (SSSR count). The summed E-state index contributed by atoms with van der Waals surface area (Å²) in [5, 5.41) is 2.22. The molecule has 0 saturated heterocycles. The van der Waals surface area contributed by atoms with E-state index in [4.69, 9.17) is 17.3 Å². The summed E-state index contributed by atoms with van der Waals surface area (Å²) in [5.41, 5.74) is 6.03. The Kier molecular flexibility index (Phi) is 3.96. The second-order valence-corrected chi connectivity index (χ2v) is 8.37. The van der Waals surface area contributed by atoms with Gasteiger partial charge in [0.15, 0.2) is 0 Å². The number of benzene rings is 1. The van der Waals surface area contributed by atoms with Crippen LogP contribution in [-0.2, 0) is 16.6 Å². The molecule has 1 aromatic carbocycles. The number of anilines is 1. The van der Waals surface area contributed by atoms with Gasteiger partial charge in [-0.3, -0.25) is 0 Å². The molecule has 1 aromatic heterocycles. The number of thiophene rings is 1. The topological polar surface area (TPSA) is 63.4 Å². The number of nitrogens with zero attached hydrogens (tertiary/aromatic N) is 1. The molecule has 2 N–H and O–H groups in total. The Hall–Kier alpha value is -1.08. The molecule has 4 nitrogen and oxygen atoms in total. The number of sulfonamides is 1. The average molecular weight is 343 g/mol. The van der Waals surface area contributed by atoms with Crippen LogP contribution in [0.5, 0.6) is 0 Å². The van der Waals surface area contributed by atoms with Gasteiger partial charge in [0.1, 0.15) is 0 Å². The van der Waals surface area contributed by atoms with Crippen molar-refractivity contribution in [1.82, 2.24) is 4.31 Å². The molecule has 0 aliphatic heterocycles. The Morgan fingerprint density at radius 2 is 2.10 bits per heavy atom. The van der Waals surface area contributed by atoms with Gasteiger partial charge < -0.3 is 5.73 Å². The van der Waals surface area contributed by atoms with Crippen LogP contribution in [0, 0.1) is 0 Å². The zero-order chi connectivity index (χ0) is 15.0. The van der Waals surface area contributed by atoms with Gasteiger partial charge in [-0.05, 0) is 42.5 Å². The van der Waals surface area contributed by atoms with E-state index < -0.39 is 10.0 Å². The number of hydrogen-bond acceptors (Lipinski definition) is 4. The number of halogens is 1. The largest absolute Gasteiger partial charge is 0.398 e. The van der Waals surface area contributed by atoms with Crippen molar-refractivity contribution in [1.29, 1.82) is 0 Å². The Morgan fingerprint density at radius 3 is 2.67 bits per heavy atom. The molecule has 1 heterocycles. The molecule has 0 atom stereocenters. The molecular formula is C14H15ClN2O2S2. The molecule has 2 aromatic rings. The highest BCUT2D eigenvalue weighted by atomic mass is 35.5. The predicted octanol–water partition coefficient (Wildman–Crippen LogP) is 3.34. The van der Waals surface area contributed by atoms with E-state index in [9.17, 15) is 8.42 Å². The summed E-state index contributed by atoms with van der Waals surface area (Å²) in [5.74, 6) is 0. The zero-order valence-corrected chi connectivity index (χ0v) is 13.6. The molecule has 0 bridgehead atoms. The lowest BCUT2D eigenvalue weighted by atomic mass is 10.3. The first-order valence-corrected chi connectivity index (χ1v) is 9.27. The van der Waals surface area contributed by atoms with Gasteiger partial charge in [-0.15, -0.1) is 11.3 Å². The van der Waals surface area contributed by atoms with Crippen LogP contribution in [0.25, 0.3) is 0 Å². The van der Waals surface area contributed by atoms with Crippen molar-refractivity contribution < 1.29 is 8.42 Å². The highest BCUT2D eigenvalue weighted by Crippen LogP contribution is 2.35. The summed E-state index contributed by atoms with van der Waals surface area (Å²) < 4.78 is 27.2. The van der Waals surface area contributed by atoms with Crippen LogP contribution in [0.3, 0.4) is 0 Å². The van der Waals surface area contributed by atoms with Crippen molar-refractivity contribution in [2.45, 2.75) is 30.3 Å². The van der Waals surface area contributed by atoms with Crippen LogP contribution in [0.1, 0.15) is 17.7 Å². The monoisotopic (exact) mass is 342 g/mol. The lowest BCUT2D eigenvalue weighted by Gasteiger charge is -2.21. The van der Waals surface area contributed by atoms with E-state index >= 15 is 0 Å². The standard InChI is InChI=1S/C14H15ClN2O2S2/c15-13-8-12(5-6-14(13)16)21(18,19)17(10-3-4-10)9-11-2-1-7-20-11/h1-2,5-8,10H,3-4,9,16H2. The Bertz CT molecular complexity index is 740. The lowest BCUT2D eigenvalue weighted by molar-refractivity contribution is 0.401. The molecular weight excluding hydrogens is 328 g/mol. The van der Waals surface area contributed by atoms with Crippen LogP contribution in [0.15, 0.2) is 40.6 Å². The third-order valence-corrected chi connectivity index (χ3v) is 6.51. The maximum absolute atomic E-state index is 12.8. The summed E-state index contributed by atoms with van der Waals surface area (Å²) in [6.07, 6.45) is 1.82. The third-order valence-electron chi connectivity index (χ3n) is 3.42. The Morgan fingerprint density at radius 1 is 1.33 bits per heavy atom. The van der Waals surface area contributed by atoms with Crippen molar-refractivity contribution in [2.75, 3.05) is 5.73 Å². The molecule has 0 spiro atoms. The van der Waals surface area contributed by atoms with Gasteiger partial charge in [0, 0.05) is 17.5 Å². The van der Waals surface area contributed by atoms with Crippen LogP contribution in [-0.4, -0.2) is 18.8 Å². The Balaban J connectivity index is 1.95. The third kappa shape index (κ3) is 3.08. The molecule has 0 radical (unpaired) electrons. The van der Waals surface area contributed by atoms with Gasteiger partial charge in [-0.2, -0.15) is 4.31 Å². The van der Waals surface area contributed by atoms with Crippen LogP contribution >= 0.6 is 22.9 Å². The summed E-state index contributed by atoms with van der Waals surface area (Å²) in [7, 11) is -3.55. The highest BCUT2D eigenvalue weighted by Gasteiger charge is 2.38. The van der Waals surface area contributed by atoms with Gasteiger partial charge in [0.05, 0.1) is 15.6 Å². The van der Waals surface area contributed by atoms with Gasteiger partial charge in [0.25, 0.3) is 0 Å². The van der Waals surface area contributed by atoms with Crippen molar-refractivity contribution in [3.05, 3.63) is 45.6 Å². The number of hydrogen-bond donors (Lipinski definition) is 1. The molecule has 0 unspecified atom stereocenters. The molecule has 1 aliphatic rings. The van der Waals surface area contributed by atoms with Crippen molar-refractivity contribution in [3.8, 4) is 0 Å². The number of nitrogen functional groups attached to an aromatic ring is 1. The summed E-state index contributed by atoms with van der Waals surface area (Å²) in [4.78, 5) is 1.23. The van der Waals surface area contributed by atoms with E-state index in [1.807, 2.05) is 17.5 Å². The molecule has 7 heteroatoms. The van der Waals surface area contributed by atoms with Gasteiger partial charge in [-0.1, -0.05) is 17.7 Å². The van der Waals surface area contributed by atoms with E-state index in [0.29, 0.717) is 12.2 Å². The Labute approximate surface area is 133 Å². The quantitative estimate of drug-likeness (QED) is 0.847. The first kappa shape index (κ1) is 14.8. The van der Waals surface area contributed by atoms with E-state index in [2.05, 4.69) is 0 Å². The van der Waals surface area contributed by atoms with E-state index in [0.717, 1.165) is 17.7 Å². The zero-order valence-electron chi connectivity index (χ0n) is 11.2. The minimum atomic E-state index is -3.55. The summed E-state index contributed by atoms with van der Waals surface area (Å²) >= 11 is 7.52. The second-order valence-electron chi connectivity index (χ2n) is 5.04. The fraction of sp³-hybridized carbons (Fsp3) is 0.286. The van der Waals surface area contributed by atoms with Crippen molar-refractivity contribution in [3.63, 3.8) is 0 Å². The minimum absolute atomic E-state index is 0.0911. The fourth-order valence-electron chi connectivity index (χ4n) is 2.13. The highest BCUT2D eigenvalue weighted by molar-refractivity contribution is 7.89. The first-order valence-electron chi connectivity index (χ1n) is 6.58. The molecule has 21 heavy (non-hydrogen) atoms. The SMILES string of the molecule is Nc1ccc(S(=O)(=O)N(Cc2cccs2)C2CC2)cc1Cl. The maximum atomic E-state index is 12.8.